The third-order valence-electron chi connectivity index (χ3n) is 5.75. The second-order valence-electron chi connectivity index (χ2n) is 8.22. The van der Waals surface area contributed by atoms with E-state index in [1.54, 1.807) is 19.2 Å². The van der Waals surface area contributed by atoms with E-state index >= 15 is 4.39 Å². The number of benzene rings is 1. The smallest absolute Gasteiger partial charge is 0.262 e. The molecular weight excluding hydrogens is 425 g/mol. The van der Waals surface area contributed by atoms with Gasteiger partial charge in [-0.1, -0.05) is 0 Å². The molecule has 3 N–H and O–H groups in total. The van der Waals surface area contributed by atoms with Crippen LogP contribution in [0.5, 0.6) is 11.6 Å². The number of nitrogens with one attached hydrogen (secondary N) is 3. The molecule has 1 saturated carbocycles. The highest BCUT2D eigenvalue weighted by molar-refractivity contribution is 6.01. The average Bonchev–Trinajstić information content (AvgIpc) is 3.43. The highest BCUT2D eigenvalue weighted by Gasteiger charge is 2.27. The first-order valence-electron chi connectivity index (χ1n) is 10.8. The quantitative estimate of drug-likeness (QED) is 0.379. The predicted octanol–water partition coefficient (Wildman–Crippen LogP) is 4.63. The number of anilines is 2. The number of aromatic nitrogens is 5. The van der Waals surface area contributed by atoms with Crippen LogP contribution in [0, 0.1) is 12.7 Å². The zero-order valence-electron chi connectivity index (χ0n) is 18.6. The van der Waals surface area contributed by atoms with Gasteiger partial charge in [0.1, 0.15) is 11.9 Å². The van der Waals surface area contributed by atoms with Crippen LogP contribution in [0.2, 0.25) is 0 Å². The molecule has 3 aromatic heterocycles. The maximum Gasteiger partial charge on any atom is 0.262 e. The van der Waals surface area contributed by atoms with E-state index in [1.807, 2.05) is 19.9 Å². The van der Waals surface area contributed by atoms with Gasteiger partial charge in [-0.2, -0.15) is 5.10 Å². The number of ether oxygens (including phenoxy) is 1. The van der Waals surface area contributed by atoms with Crippen LogP contribution in [-0.4, -0.2) is 49.5 Å². The lowest BCUT2D eigenvalue weighted by Crippen LogP contribution is -2.28. The van der Waals surface area contributed by atoms with Crippen molar-refractivity contribution < 1.29 is 13.9 Å². The van der Waals surface area contributed by atoms with E-state index in [4.69, 9.17) is 4.74 Å². The Balaban J connectivity index is 1.54. The number of carbonyl (C=O) groups is 1. The molecule has 170 valence electrons. The molecule has 0 saturated heterocycles. The Labute approximate surface area is 189 Å². The van der Waals surface area contributed by atoms with Gasteiger partial charge in [-0.15, -0.1) is 0 Å². The van der Waals surface area contributed by atoms with Crippen molar-refractivity contribution >= 4 is 28.4 Å². The molecule has 4 aromatic rings. The number of hydrogen-bond donors (Lipinski definition) is 3. The molecular formula is C23H24FN7O2. The normalized spacial score (nSPS) is 13.3. The summed E-state index contributed by atoms with van der Waals surface area (Å²) in [4.78, 5) is 26.2. The number of amides is 1. The highest BCUT2D eigenvalue weighted by Crippen LogP contribution is 2.40. The molecule has 0 bridgehead atoms. The second kappa shape index (κ2) is 8.19. The fourth-order valence-corrected chi connectivity index (χ4v) is 3.67. The van der Waals surface area contributed by atoms with Crippen molar-refractivity contribution in [2.75, 3.05) is 18.9 Å². The zero-order chi connectivity index (χ0) is 23.1. The summed E-state index contributed by atoms with van der Waals surface area (Å²) >= 11 is 0. The lowest BCUT2D eigenvalue weighted by atomic mass is 10.2. The Morgan fingerprint density at radius 3 is 2.88 bits per heavy atom. The van der Waals surface area contributed by atoms with Crippen LogP contribution >= 0.6 is 0 Å². The monoisotopic (exact) mass is 449 g/mol. The Kier molecular flexibility index (Phi) is 5.20. The summed E-state index contributed by atoms with van der Waals surface area (Å²) in [7, 11) is 1.66. The van der Waals surface area contributed by atoms with Gasteiger partial charge in [-0.25, -0.2) is 14.4 Å². The van der Waals surface area contributed by atoms with Crippen LogP contribution in [0.1, 0.15) is 47.4 Å². The van der Waals surface area contributed by atoms with E-state index in [0.29, 0.717) is 29.2 Å². The summed E-state index contributed by atoms with van der Waals surface area (Å²) in [5.74, 6) is 0.306. The third kappa shape index (κ3) is 3.99. The lowest BCUT2D eigenvalue weighted by molar-refractivity contribution is 0.0799. The van der Waals surface area contributed by atoms with Crippen LogP contribution < -0.4 is 10.1 Å². The summed E-state index contributed by atoms with van der Waals surface area (Å²) in [5, 5.41) is 10.8. The van der Waals surface area contributed by atoms with Gasteiger partial charge in [0.2, 0.25) is 5.88 Å². The molecule has 0 spiro atoms. The molecule has 1 fully saturated rings. The lowest BCUT2D eigenvalue weighted by Gasteiger charge is -2.19. The first kappa shape index (κ1) is 20.9. The minimum atomic E-state index is -0.534. The molecule has 0 aliphatic heterocycles. The van der Waals surface area contributed by atoms with Gasteiger partial charge < -0.3 is 19.9 Å². The number of fused-ring (bicyclic) bond motifs is 1. The Morgan fingerprint density at radius 1 is 1.30 bits per heavy atom. The number of H-pyrrole nitrogens is 2. The van der Waals surface area contributed by atoms with Crippen molar-refractivity contribution in [3.8, 4) is 11.6 Å². The van der Waals surface area contributed by atoms with E-state index in [2.05, 4.69) is 30.5 Å². The maximum absolute atomic E-state index is 15.1. The van der Waals surface area contributed by atoms with E-state index in [-0.39, 0.29) is 28.9 Å². The van der Waals surface area contributed by atoms with E-state index in [1.165, 1.54) is 17.3 Å². The molecule has 1 aliphatic rings. The summed E-state index contributed by atoms with van der Waals surface area (Å²) in [6, 6.07) is 6.84. The molecule has 5 rings (SSSR count). The standard InChI is InChI=1S/C23H24FN7O2/c1-4-31(3)23(32)19-21(28-18-10-16(29-30-18)13-5-6-13)25-11-26-22(19)33-17-8-7-15-14(20(17)24)9-12(2)27-15/h7-11,13,27H,4-6H2,1-3H3,(H2,25,26,28,29,30). The number of nitrogens with zero attached hydrogens (tertiary/aromatic N) is 4. The third-order valence-corrected chi connectivity index (χ3v) is 5.75. The average molecular weight is 449 g/mol. The summed E-state index contributed by atoms with van der Waals surface area (Å²) in [6.45, 7) is 4.17. The Hall–Kier alpha value is -3.95. The molecule has 1 aromatic carbocycles. The number of aryl methyl sites for hydroxylation is 1. The first-order valence-corrected chi connectivity index (χ1v) is 10.8. The van der Waals surface area contributed by atoms with Crippen molar-refractivity contribution in [2.24, 2.45) is 0 Å². The molecule has 0 atom stereocenters. The Bertz CT molecular complexity index is 1340. The van der Waals surface area contributed by atoms with E-state index in [0.717, 1.165) is 24.2 Å². The molecule has 1 amide bonds. The fourth-order valence-electron chi connectivity index (χ4n) is 3.67. The van der Waals surface area contributed by atoms with Crippen LogP contribution in [0.15, 0.2) is 30.6 Å². The Morgan fingerprint density at radius 2 is 2.12 bits per heavy atom. The number of halogens is 1. The second-order valence-corrected chi connectivity index (χ2v) is 8.22. The van der Waals surface area contributed by atoms with Gasteiger partial charge in [-0.3, -0.25) is 9.89 Å². The van der Waals surface area contributed by atoms with Crippen molar-refractivity contribution in [2.45, 2.75) is 32.6 Å². The predicted molar refractivity (Wildman–Crippen MR) is 122 cm³/mol. The summed E-state index contributed by atoms with van der Waals surface area (Å²) in [6.07, 6.45) is 3.54. The van der Waals surface area contributed by atoms with E-state index in [9.17, 15) is 4.79 Å². The first-order chi connectivity index (χ1) is 15.9. The molecule has 33 heavy (non-hydrogen) atoms. The molecule has 10 heteroatoms. The topological polar surface area (TPSA) is 112 Å². The summed E-state index contributed by atoms with van der Waals surface area (Å²) in [5.41, 5.74) is 2.63. The van der Waals surface area contributed by atoms with Crippen LogP contribution in [0.3, 0.4) is 0 Å². The van der Waals surface area contributed by atoms with Gasteiger partial charge in [0.05, 0.1) is 0 Å². The largest absolute Gasteiger partial charge is 0.435 e. The molecule has 3 heterocycles. The SMILES string of the molecule is CCN(C)C(=O)c1c(Nc2cc(C3CC3)[nH]n2)ncnc1Oc1ccc2[nH]c(C)cc2c1F. The van der Waals surface area contributed by atoms with Gasteiger partial charge in [0.25, 0.3) is 5.91 Å². The van der Waals surface area contributed by atoms with Crippen LogP contribution in [-0.2, 0) is 0 Å². The number of carbonyl (C=O) groups excluding carboxylic acids is 1. The number of hydrogen-bond acceptors (Lipinski definition) is 6. The van der Waals surface area contributed by atoms with E-state index < -0.39 is 5.82 Å². The number of rotatable bonds is 7. The van der Waals surface area contributed by atoms with Crippen LogP contribution in [0.4, 0.5) is 16.0 Å². The minimum absolute atomic E-state index is 0.0323. The van der Waals surface area contributed by atoms with Gasteiger partial charge >= 0.3 is 0 Å². The minimum Gasteiger partial charge on any atom is -0.435 e. The molecule has 0 unspecified atom stereocenters. The van der Waals surface area contributed by atoms with Gasteiger partial charge in [-0.05, 0) is 44.9 Å². The van der Waals surface area contributed by atoms with Crippen molar-refractivity contribution in [3.05, 3.63) is 53.4 Å². The zero-order valence-corrected chi connectivity index (χ0v) is 18.6. The van der Waals surface area contributed by atoms with Crippen LogP contribution in [0.25, 0.3) is 10.9 Å². The number of aromatic amines is 2. The van der Waals surface area contributed by atoms with Crippen molar-refractivity contribution in [1.82, 2.24) is 30.0 Å². The summed E-state index contributed by atoms with van der Waals surface area (Å²) < 4.78 is 21.0. The van der Waals surface area contributed by atoms with Gasteiger partial charge in [0.15, 0.2) is 23.2 Å². The maximum atomic E-state index is 15.1. The molecule has 9 nitrogen and oxygen atoms in total. The van der Waals surface area contributed by atoms with Gasteiger partial charge in [0, 0.05) is 47.9 Å². The highest BCUT2D eigenvalue weighted by atomic mass is 19.1. The molecule has 0 radical (unpaired) electrons. The van der Waals surface area contributed by atoms with Crippen molar-refractivity contribution in [1.29, 1.82) is 0 Å². The van der Waals surface area contributed by atoms with Crippen molar-refractivity contribution in [3.63, 3.8) is 0 Å². The fraction of sp³-hybridized carbons (Fsp3) is 0.304. The molecule has 1 aliphatic carbocycles.